The lowest BCUT2D eigenvalue weighted by atomic mass is 9.93. The van der Waals surface area contributed by atoms with Crippen molar-refractivity contribution in [2.75, 3.05) is 5.43 Å². The van der Waals surface area contributed by atoms with Gasteiger partial charge in [0, 0.05) is 12.1 Å². The number of fused-ring (bicyclic) bond motifs is 1. The third-order valence-electron chi connectivity index (χ3n) is 3.22. The van der Waals surface area contributed by atoms with Crippen molar-refractivity contribution in [2.24, 2.45) is 5.84 Å². The highest BCUT2D eigenvalue weighted by Crippen LogP contribution is 2.36. The molecule has 1 heterocycles. The van der Waals surface area contributed by atoms with E-state index in [0.717, 1.165) is 18.4 Å². The number of hydrogen-bond acceptors (Lipinski definition) is 3. The van der Waals surface area contributed by atoms with Crippen LogP contribution in [0.25, 0.3) is 11.0 Å². The molecule has 0 spiro atoms. The number of nitrogens with two attached hydrogens (primary N) is 1. The molecule has 1 aromatic heterocycles. The second-order valence-electron chi connectivity index (χ2n) is 4.17. The minimum Gasteiger partial charge on any atom is -0.306 e. The zero-order chi connectivity index (χ0) is 11.1. The standard InChI is InChI=1S/C11H13FN4/c12-7-4-5-10-9(6-7)14-11(15-13)16(10)8-2-1-3-8/h4-6,8H,1-3,13H2,(H,14,15). The quantitative estimate of drug-likeness (QED) is 0.602. The van der Waals surface area contributed by atoms with Crippen LogP contribution in [-0.4, -0.2) is 9.55 Å². The summed E-state index contributed by atoms with van der Waals surface area (Å²) in [5.74, 6) is 5.79. The van der Waals surface area contributed by atoms with Crippen LogP contribution in [0.4, 0.5) is 10.3 Å². The van der Waals surface area contributed by atoms with Crippen molar-refractivity contribution in [3.63, 3.8) is 0 Å². The molecule has 0 saturated heterocycles. The van der Waals surface area contributed by atoms with E-state index in [0.29, 0.717) is 17.5 Å². The summed E-state index contributed by atoms with van der Waals surface area (Å²) in [5, 5.41) is 0. The van der Waals surface area contributed by atoms with E-state index in [1.807, 2.05) is 0 Å². The number of aromatic nitrogens is 2. The molecule has 1 aromatic carbocycles. The average Bonchev–Trinajstić information content (AvgIpc) is 2.54. The van der Waals surface area contributed by atoms with Crippen LogP contribution < -0.4 is 11.3 Å². The number of halogens is 1. The van der Waals surface area contributed by atoms with E-state index in [2.05, 4.69) is 15.0 Å². The van der Waals surface area contributed by atoms with Crippen molar-refractivity contribution in [2.45, 2.75) is 25.3 Å². The van der Waals surface area contributed by atoms with Crippen LogP contribution in [-0.2, 0) is 0 Å². The van der Waals surface area contributed by atoms with Crippen LogP contribution in [0.1, 0.15) is 25.3 Å². The Kier molecular flexibility index (Phi) is 2.07. The van der Waals surface area contributed by atoms with E-state index in [9.17, 15) is 4.39 Å². The fraction of sp³-hybridized carbons (Fsp3) is 0.364. The molecule has 0 aliphatic heterocycles. The van der Waals surface area contributed by atoms with Gasteiger partial charge in [0.2, 0.25) is 5.95 Å². The first kappa shape index (κ1) is 9.59. The predicted octanol–water partition coefficient (Wildman–Crippen LogP) is 2.19. The van der Waals surface area contributed by atoms with E-state index in [4.69, 9.17) is 5.84 Å². The minimum absolute atomic E-state index is 0.269. The topological polar surface area (TPSA) is 55.9 Å². The molecule has 0 atom stereocenters. The number of benzene rings is 1. The maximum absolute atomic E-state index is 13.1. The molecule has 3 rings (SSSR count). The number of rotatable bonds is 2. The van der Waals surface area contributed by atoms with Gasteiger partial charge in [-0.15, -0.1) is 0 Å². The smallest absolute Gasteiger partial charge is 0.218 e. The van der Waals surface area contributed by atoms with Gasteiger partial charge in [0.15, 0.2) is 0 Å². The molecule has 0 amide bonds. The minimum atomic E-state index is -0.269. The van der Waals surface area contributed by atoms with Crippen molar-refractivity contribution in [3.05, 3.63) is 24.0 Å². The molecule has 1 fully saturated rings. The highest BCUT2D eigenvalue weighted by Gasteiger charge is 2.24. The highest BCUT2D eigenvalue weighted by molar-refractivity contribution is 5.79. The summed E-state index contributed by atoms with van der Waals surface area (Å²) >= 11 is 0. The lowest BCUT2D eigenvalue weighted by Crippen LogP contribution is -2.21. The molecule has 1 saturated carbocycles. The molecular formula is C11H13FN4. The fourth-order valence-corrected chi connectivity index (χ4v) is 2.19. The first-order valence-corrected chi connectivity index (χ1v) is 5.43. The lowest BCUT2D eigenvalue weighted by Gasteiger charge is -2.28. The molecule has 0 bridgehead atoms. The number of nitrogens with one attached hydrogen (secondary N) is 1. The van der Waals surface area contributed by atoms with Crippen molar-refractivity contribution < 1.29 is 4.39 Å². The Morgan fingerprint density at radius 3 is 2.88 bits per heavy atom. The third kappa shape index (κ3) is 1.28. The monoisotopic (exact) mass is 220 g/mol. The number of anilines is 1. The van der Waals surface area contributed by atoms with Gasteiger partial charge in [0.1, 0.15) is 5.82 Å². The first-order valence-electron chi connectivity index (χ1n) is 5.43. The van der Waals surface area contributed by atoms with Crippen molar-refractivity contribution >= 4 is 17.0 Å². The SMILES string of the molecule is NNc1nc2cc(F)ccc2n1C1CCC1. The molecular weight excluding hydrogens is 207 g/mol. The van der Waals surface area contributed by atoms with Crippen LogP contribution in [0.5, 0.6) is 0 Å². The maximum atomic E-state index is 13.1. The zero-order valence-corrected chi connectivity index (χ0v) is 8.78. The van der Waals surface area contributed by atoms with Crippen molar-refractivity contribution in [1.82, 2.24) is 9.55 Å². The molecule has 2 aromatic rings. The Bertz CT molecular complexity index is 530. The van der Waals surface area contributed by atoms with E-state index in [1.54, 1.807) is 6.07 Å². The second kappa shape index (κ2) is 3.45. The Labute approximate surface area is 92.2 Å². The molecule has 16 heavy (non-hydrogen) atoms. The fourth-order valence-electron chi connectivity index (χ4n) is 2.19. The number of nitrogen functional groups attached to an aromatic ring is 1. The third-order valence-corrected chi connectivity index (χ3v) is 3.22. The van der Waals surface area contributed by atoms with Gasteiger partial charge in [-0.3, -0.25) is 5.43 Å². The van der Waals surface area contributed by atoms with Gasteiger partial charge in [-0.05, 0) is 31.4 Å². The molecule has 1 aliphatic carbocycles. The summed E-state index contributed by atoms with van der Waals surface area (Å²) in [6.07, 6.45) is 3.50. The Morgan fingerprint density at radius 2 is 2.25 bits per heavy atom. The summed E-state index contributed by atoms with van der Waals surface area (Å²) in [7, 11) is 0. The number of nitrogens with zero attached hydrogens (tertiary/aromatic N) is 2. The summed E-state index contributed by atoms with van der Waals surface area (Å²) in [4.78, 5) is 4.28. The van der Waals surface area contributed by atoms with Gasteiger partial charge in [-0.2, -0.15) is 0 Å². The number of imidazole rings is 1. The van der Waals surface area contributed by atoms with E-state index >= 15 is 0 Å². The van der Waals surface area contributed by atoms with Gasteiger partial charge < -0.3 is 4.57 Å². The normalized spacial score (nSPS) is 16.4. The summed E-state index contributed by atoms with van der Waals surface area (Å²) in [5.41, 5.74) is 4.18. The average molecular weight is 220 g/mol. The van der Waals surface area contributed by atoms with E-state index in [1.165, 1.54) is 18.6 Å². The van der Waals surface area contributed by atoms with Crippen LogP contribution in [0.2, 0.25) is 0 Å². The van der Waals surface area contributed by atoms with E-state index < -0.39 is 0 Å². The highest BCUT2D eigenvalue weighted by atomic mass is 19.1. The first-order chi connectivity index (χ1) is 7.79. The van der Waals surface area contributed by atoms with E-state index in [-0.39, 0.29) is 5.82 Å². The van der Waals surface area contributed by atoms with Crippen molar-refractivity contribution in [3.8, 4) is 0 Å². The predicted molar refractivity (Wildman–Crippen MR) is 60.4 cm³/mol. The molecule has 0 unspecified atom stereocenters. The molecule has 1 aliphatic rings. The lowest BCUT2D eigenvalue weighted by molar-refractivity contribution is 0.323. The van der Waals surface area contributed by atoms with Crippen LogP contribution >= 0.6 is 0 Å². The van der Waals surface area contributed by atoms with Gasteiger partial charge in [-0.25, -0.2) is 15.2 Å². The maximum Gasteiger partial charge on any atom is 0.218 e. The second-order valence-corrected chi connectivity index (χ2v) is 4.17. The molecule has 3 N–H and O–H groups in total. The molecule has 84 valence electrons. The van der Waals surface area contributed by atoms with Crippen LogP contribution in [0, 0.1) is 5.82 Å². The summed E-state index contributed by atoms with van der Waals surface area (Å²) in [6.45, 7) is 0. The molecule has 5 heteroatoms. The van der Waals surface area contributed by atoms with Gasteiger partial charge in [0.25, 0.3) is 0 Å². The van der Waals surface area contributed by atoms with Crippen molar-refractivity contribution in [1.29, 1.82) is 0 Å². The van der Waals surface area contributed by atoms with Gasteiger partial charge in [-0.1, -0.05) is 0 Å². The van der Waals surface area contributed by atoms with Crippen LogP contribution in [0.3, 0.4) is 0 Å². The zero-order valence-electron chi connectivity index (χ0n) is 8.78. The number of hydrazine groups is 1. The molecule has 4 nitrogen and oxygen atoms in total. The van der Waals surface area contributed by atoms with Gasteiger partial charge in [0.05, 0.1) is 11.0 Å². The Morgan fingerprint density at radius 1 is 1.44 bits per heavy atom. The summed E-state index contributed by atoms with van der Waals surface area (Å²) in [6, 6.07) is 5.10. The van der Waals surface area contributed by atoms with Gasteiger partial charge >= 0.3 is 0 Å². The van der Waals surface area contributed by atoms with Crippen LogP contribution in [0.15, 0.2) is 18.2 Å². The Hall–Kier alpha value is -1.62. The summed E-state index contributed by atoms with van der Waals surface area (Å²) < 4.78 is 15.1. The molecule has 0 radical (unpaired) electrons. The Balaban J connectivity index is 2.22. The largest absolute Gasteiger partial charge is 0.306 e. The number of hydrogen-bond donors (Lipinski definition) is 2.